The van der Waals surface area contributed by atoms with Gasteiger partial charge in [0.25, 0.3) is 0 Å². The van der Waals surface area contributed by atoms with Gasteiger partial charge in [0.15, 0.2) is 17.3 Å². The Bertz CT molecular complexity index is 1180. The Morgan fingerprint density at radius 1 is 1.16 bits per heavy atom. The lowest BCUT2D eigenvalue weighted by Gasteiger charge is -2.17. The van der Waals surface area contributed by atoms with Crippen LogP contribution in [0.3, 0.4) is 0 Å². The molecule has 31 heavy (non-hydrogen) atoms. The standard InChI is InChI=1S/C22H26N8O/c1-4-7-18(21-27-26-20-8-5-6-11-29(20)21)25-22(31)24-14-17-9-10-19(23-13-17)30-16(3)12-15(2)28-30/h5-6,8-13,18H,4,7,14H2,1-3H3,(H2,24,25,31). The molecule has 4 aromatic rings. The van der Waals surface area contributed by atoms with Crippen molar-refractivity contribution in [1.29, 1.82) is 0 Å². The Hall–Kier alpha value is -3.75. The van der Waals surface area contributed by atoms with E-state index in [1.54, 1.807) is 10.9 Å². The summed E-state index contributed by atoms with van der Waals surface area (Å²) in [5.74, 6) is 1.48. The second-order valence-electron chi connectivity index (χ2n) is 7.52. The highest BCUT2D eigenvalue weighted by Crippen LogP contribution is 2.17. The first-order valence-corrected chi connectivity index (χ1v) is 10.4. The third-order valence-electron chi connectivity index (χ3n) is 5.02. The molecule has 9 heteroatoms. The summed E-state index contributed by atoms with van der Waals surface area (Å²) in [4.78, 5) is 17.0. The summed E-state index contributed by atoms with van der Waals surface area (Å²) in [5.41, 5.74) is 3.64. The van der Waals surface area contributed by atoms with E-state index in [9.17, 15) is 4.79 Å². The van der Waals surface area contributed by atoms with Gasteiger partial charge in [-0.3, -0.25) is 4.40 Å². The van der Waals surface area contributed by atoms with E-state index in [2.05, 4.69) is 37.8 Å². The van der Waals surface area contributed by atoms with Crippen LogP contribution in [0.5, 0.6) is 0 Å². The molecule has 0 saturated heterocycles. The van der Waals surface area contributed by atoms with E-state index in [-0.39, 0.29) is 12.1 Å². The molecule has 4 heterocycles. The SMILES string of the molecule is CCCC(NC(=O)NCc1ccc(-n2nc(C)cc2C)nc1)c1nnc2ccccn12. The zero-order valence-corrected chi connectivity index (χ0v) is 17.9. The summed E-state index contributed by atoms with van der Waals surface area (Å²) in [6, 6.07) is 11.1. The predicted molar refractivity (Wildman–Crippen MR) is 117 cm³/mol. The molecule has 9 nitrogen and oxygen atoms in total. The average molecular weight is 419 g/mol. The van der Waals surface area contributed by atoms with Gasteiger partial charge in [-0.15, -0.1) is 10.2 Å². The molecule has 160 valence electrons. The van der Waals surface area contributed by atoms with Crippen molar-refractivity contribution < 1.29 is 4.79 Å². The molecule has 0 spiro atoms. The zero-order valence-electron chi connectivity index (χ0n) is 17.9. The highest BCUT2D eigenvalue weighted by molar-refractivity contribution is 5.74. The normalized spacial score (nSPS) is 12.1. The van der Waals surface area contributed by atoms with Crippen molar-refractivity contribution in [1.82, 2.24) is 40.0 Å². The van der Waals surface area contributed by atoms with Crippen LogP contribution < -0.4 is 10.6 Å². The maximum Gasteiger partial charge on any atom is 0.315 e. The van der Waals surface area contributed by atoms with Crippen LogP contribution in [0.15, 0.2) is 48.8 Å². The van der Waals surface area contributed by atoms with Crippen molar-refractivity contribution in [3.63, 3.8) is 0 Å². The van der Waals surface area contributed by atoms with Gasteiger partial charge in [0, 0.05) is 24.6 Å². The summed E-state index contributed by atoms with van der Waals surface area (Å²) in [5, 5.41) is 18.8. The molecule has 2 amide bonds. The van der Waals surface area contributed by atoms with Crippen molar-refractivity contribution >= 4 is 11.7 Å². The monoisotopic (exact) mass is 418 g/mol. The molecule has 0 aromatic carbocycles. The van der Waals surface area contributed by atoms with E-state index >= 15 is 0 Å². The first-order valence-electron chi connectivity index (χ1n) is 10.4. The largest absolute Gasteiger partial charge is 0.334 e. The number of hydrogen-bond donors (Lipinski definition) is 2. The minimum absolute atomic E-state index is 0.228. The van der Waals surface area contributed by atoms with Crippen molar-refractivity contribution in [2.75, 3.05) is 0 Å². The van der Waals surface area contributed by atoms with Crippen LogP contribution in [0, 0.1) is 13.8 Å². The number of nitrogens with zero attached hydrogens (tertiary/aromatic N) is 6. The molecule has 0 bridgehead atoms. The molecule has 4 rings (SSSR count). The van der Waals surface area contributed by atoms with Gasteiger partial charge in [-0.1, -0.05) is 25.5 Å². The summed E-state index contributed by atoms with van der Waals surface area (Å²) >= 11 is 0. The van der Waals surface area contributed by atoms with E-state index in [4.69, 9.17) is 0 Å². The first-order chi connectivity index (χ1) is 15.0. The summed E-state index contributed by atoms with van der Waals surface area (Å²) in [6.07, 6.45) is 5.33. The van der Waals surface area contributed by atoms with E-state index in [1.807, 2.05) is 60.8 Å². The van der Waals surface area contributed by atoms with E-state index in [0.717, 1.165) is 47.1 Å². The minimum Gasteiger partial charge on any atom is -0.334 e. The Balaban J connectivity index is 1.39. The lowest BCUT2D eigenvalue weighted by molar-refractivity contribution is 0.235. The lowest BCUT2D eigenvalue weighted by atomic mass is 10.1. The van der Waals surface area contributed by atoms with Crippen LogP contribution in [0.25, 0.3) is 11.5 Å². The molecule has 1 atom stereocenters. The smallest absolute Gasteiger partial charge is 0.315 e. The minimum atomic E-state index is -0.256. The highest BCUT2D eigenvalue weighted by atomic mass is 16.2. The lowest BCUT2D eigenvalue weighted by Crippen LogP contribution is -2.38. The molecule has 0 aliphatic heterocycles. The topological polar surface area (TPSA) is 102 Å². The zero-order chi connectivity index (χ0) is 21.8. The van der Waals surface area contributed by atoms with Gasteiger partial charge in [0.05, 0.1) is 11.7 Å². The van der Waals surface area contributed by atoms with Gasteiger partial charge in [0.2, 0.25) is 0 Å². The molecule has 2 N–H and O–H groups in total. The number of rotatable bonds is 7. The second-order valence-corrected chi connectivity index (χ2v) is 7.52. The fraction of sp³-hybridized carbons (Fsp3) is 0.318. The molecule has 0 aliphatic carbocycles. The van der Waals surface area contributed by atoms with Crippen LogP contribution in [0.2, 0.25) is 0 Å². The molecule has 4 aromatic heterocycles. The van der Waals surface area contributed by atoms with Crippen molar-refractivity contribution in [3.8, 4) is 5.82 Å². The van der Waals surface area contributed by atoms with Gasteiger partial charge in [-0.2, -0.15) is 5.10 Å². The van der Waals surface area contributed by atoms with Crippen molar-refractivity contribution in [2.24, 2.45) is 0 Å². The average Bonchev–Trinajstić information content (AvgIpc) is 3.35. The van der Waals surface area contributed by atoms with Gasteiger partial charge in [-0.05, 0) is 50.1 Å². The van der Waals surface area contributed by atoms with Gasteiger partial charge in [-0.25, -0.2) is 14.5 Å². The number of aryl methyl sites for hydroxylation is 2. The second kappa shape index (κ2) is 8.95. The third-order valence-corrected chi connectivity index (χ3v) is 5.02. The number of carbonyl (C=O) groups excluding carboxylic acids is 1. The first kappa shape index (κ1) is 20.5. The van der Waals surface area contributed by atoms with E-state index in [0.29, 0.717) is 6.54 Å². The number of carbonyl (C=O) groups is 1. The van der Waals surface area contributed by atoms with Crippen LogP contribution in [-0.2, 0) is 6.54 Å². The molecule has 0 fully saturated rings. The quantitative estimate of drug-likeness (QED) is 0.480. The van der Waals surface area contributed by atoms with Crippen LogP contribution >= 0.6 is 0 Å². The van der Waals surface area contributed by atoms with E-state index < -0.39 is 0 Å². The van der Waals surface area contributed by atoms with E-state index in [1.165, 1.54) is 0 Å². The number of aromatic nitrogens is 6. The number of fused-ring (bicyclic) bond motifs is 1. The van der Waals surface area contributed by atoms with Crippen LogP contribution in [0.4, 0.5) is 4.79 Å². The molecule has 0 radical (unpaired) electrons. The Morgan fingerprint density at radius 3 is 2.74 bits per heavy atom. The molecule has 1 unspecified atom stereocenters. The summed E-state index contributed by atoms with van der Waals surface area (Å²) in [7, 11) is 0. The maximum absolute atomic E-state index is 12.6. The fourth-order valence-corrected chi connectivity index (χ4v) is 3.55. The van der Waals surface area contributed by atoms with Crippen molar-refractivity contribution in [2.45, 2.75) is 46.2 Å². The molecular formula is C22H26N8O. The molecular weight excluding hydrogens is 392 g/mol. The fourth-order valence-electron chi connectivity index (χ4n) is 3.55. The number of nitrogens with one attached hydrogen (secondary N) is 2. The van der Waals surface area contributed by atoms with Gasteiger partial charge in [0.1, 0.15) is 0 Å². The van der Waals surface area contributed by atoms with Crippen LogP contribution in [0.1, 0.15) is 48.6 Å². The Labute approximate surface area is 180 Å². The van der Waals surface area contributed by atoms with Crippen LogP contribution in [-0.4, -0.2) is 35.4 Å². The number of hydrogen-bond acceptors (Lipinski definition) is 5. The third kappa shape index (κ3) is 4.55. The van der Waals surface area contributed by atoms with Gasteiger partial charge >= 0.3 is 6.03 Å². The predicted octanol–water partition coefficient (Wildman–Crippen LogP) is 3.27. The Kier molecular flexibility index (Phi) is 5.92. The summed E-state index contributed by atoms with van der Waals surface area (Å²) < 4.78 is 3.71. The highest BCUT2D eigenvalue weighted by Gasteiger charge is 2.19. The number of urea groups is 1. The molecule has 0 saturated carbocycles. The molecule has 0 aliphatic rings. The number of pyridine rings is 2. The summed E-state index contributed by atoms with van der Waals surface area (Å²) in [6.45, 7) is 6.39. The Morgan fingerprint density at radius 2 is 2.03 bits per heavy atom. The maximum atomic E-state index is 12.6. The van der Waals surface area contributed by atoms with Crippen molar-refractivity contribution in [3.05, 3.63) is 71.6 Å². The van der Waals surface area contributed by atoms with Gasteiger partial charge < -0.3 is 10.6 Å². The number of amides is 2.